The molecule has 2 rings (SSSR count). The van der Waals surface area contributed by atoms with Gasteiger partial charge in [-0.05, 0) is 11.1 Å². The second-order valence-electron chi connectivity index (χ2n) is 5.29. The smallest absolute Gasteiger partial charge is 0.332 e. The maximum Gasteiger partial charge on any atom is 0.332 e. The zero-order valence-electron chi connectivity index (χ0n) is 15.7. The van der Waals surface area contributed by atoms with Crippen molar-refractivity contribution in [3.05, 3.63) is 110 Å². The molecule has 0 saturated carbocycles. The van der Waals surface area contributed by atoms with Crippen LogP contribution < -0.4 is 0 Å². The second-order valence-corrected chi connectivity index (χ2v) is 5.29. The van der Waals surface area contributed by atoms with Crippen LogP contribution in [0.4, 0.5) is 0 Å². The van der Waals surface area contributed by atoms with Gasteiger partial charge in [-0.1, -0.05) is 79.9 Å². The average Bonchev–Trinajstić information content (AvgIpc) is 2.76. The molecule has 5 heteroatoms. The highest BCUT2D eigenvalue weighted by Gasteiger charge is 2.16. The Balaban J connectivity index is 0.000000336. The molecule has 0 aliphatic rings. The van der Waals surface area contributed by atoms with Crippen LogP contribution in [0.1, 0.15) is 17.2 Å². The SMILES string of the molecule is C=CC(=O)OC(c1ccccc1)c1ccccc1.C=CCOCOC(=O)C=C. The lowest BCUT2D eigenvalue weighted by Crippen LogP contribution is -2.10. The summed E-state index contributed by atoms with van der Waals surface area (Å²) in [5.74, 6) is -0.906. The van der Waals surface area contributed by atoms with Gasteiger partial charge in [-0.15, -0.1) is 6.58 Å². The number of carbonyl (C=O) groups is 2. The summed E-state index contributed by atoms with van der Waals surface area (Å²) in [5, 5.41) is 0. The number of rotatable bonds is 9. The lowest BCUT2D eigenvalue weighted by molar-refractivity contribution is -0.149. The minimum absolute atomic E-state index is 0.0448. The van der Waals surface area contributed by atoms with Gasteiger partial charge in [0, 0.05) is 12.2 Å². The highest BCUT2D eigenvalue weighted by molar-refractivity contribution is 5.81. The molecule has 2 aromatic rings. The van der Waals surface area contributed by atoms with Gasteiger partial charge in [-0.2, -0.15) is 0 Å². The number of ether oxygens (including phenoxy) is 3. The van der Waals surface area contributed by atoms with Crippen LogP contribution in [0.2, 0.25) is 0 Å². The third-order valence-electron chi connectivity index (χ3n) is 3.29. The van der Waals surface area contributed by atoms with Crippen molar-refractivity contribution >= 4 is 11.9 Å². The summed E-state index contributed by atoms with van der Waals surface area (Å²) in [6.45, 7) is 10.4. The third kappa shape index (κ3) is 8.78. The molecule has 0 aliphatic carbocycles. The highest BCUT2D eigenvalue weighted by atomic mass is 16.7. The highest BCUT2D eigenvalue weighted by Crippen LogP contribution is 2.25. The number of hydrogen-bond acceptors (Lipinski definition) is 5. The van der Waals surface area contributed by atoms with Crippen LogP contribution in [-0.4, -0.2) is 25.3 Å². The van der Waals surface area contributed by atoms with E-state index in [1.165, 1.54) is 6.08 Å². The molecule has 0 bridgehead atoms. The molecular weight excluding hydrogens is 356 g/mol. The van der Waals surface area contributed by atoms with E-state index in [0.717, 1.165) is 17.2 Å². The van der Waals surface area contributed by atoms with Gasteiger partial charge in [0.05, 0.1) is 6.61 Å². The molecule has 5 nitrogen and oxygen atoms in total. The van der Waals surface area contributed by atoms with E-state index in [0.29, 0.717) is 6.61 Å². The summed E-state index contributed by atoms with van der Waals surface area (Å²) in [4.78, 5) is 21.8. The predicted octanol–water partition coefficient (Wildman–Crippen LogP) is 4.38. The van der Waals surface area contributed by atoms with Crippen molar-refractivity contribution in [2.45, 2.75) is 6.10 Å². The van der Waals surface area contributed by atoms with Crippen molar-refractivity contribution in [2.24, 2.45) is 0 Å². The van der Waals surface area contributed by atoms with Crippen molar-refractivity contribution in [2.75, 3.05) is 13.4 Å². The minimum Gasteiger partial charge on any atom is -0.449 e. The number of benzene rings is 2. The van der Waals surface area contributed by atoms with Crippen molar-refractivity contribution in [1.82, 2.24) is 0 Å². The minimum atomic E-state index is -0.482. The predicted molar refractivity (Wildman–Crippen MR) is 108 cm³/mol. The molecule has 0 amide bonds. The van der Waals surface area contributed by atoms with Crippen LogP contribution >= 0.6 is 0 Å². The molecule has 0 radical (unpaired) electrons. The van der Waals surface area contributed by atoms with E-state index in [-0.39, 0.29) is 6.79 Å². The van der Waals surface area contributed by atoms with Crippen LogP contribution in [0.3, 0.4) is 0 Å². The first-order chi connectivity index (χ1) is 13.6. The van der Waals surface area contributed by atoms with Gasteiger partial charge in [-0.3, -0.25) is 0 Å². The number of esters is 2. The van der Waals surface area contributed by atoms with Crippen LogP contribution in [-0.2, 0) is 23.8 Å². The standard InChI is InChI=1S/C16H14O2.C7H10O3/c1-2-15(17)18-16(13-9-5-3-6-10-13)14-11-7-4-8-12-14;1-3-5-9-6-10-7(8)4-2/h2-12,16H,1H2;3-4H,1-2,5-6H2. The van der Waals surface area contributed by atoms with Gasteiger partial charge in [0.15, 0.2) is 12.9 Å². The van der Waals surface area contributed by atoms with Gasteiger partial charge in [0.1, 0.15) is 0 Å². The fourth-order valence-electron chi connectivity index (χ4n) is 2.04. The summed E-state index contributed by atoms with van der Waals surface area (Å²) in [6.07, 6.45) is 3.44. The Labute approximate surface area is 165 Å². The molecule has 2 aromatic carbocycles. The molecule has 0 heterocycles. The van der Waals surface area contributed by atoms with E-state index in [1.54, 1.807) is 6.08 Å². The largest absolute Gasteiger partial charge is 0.449 e. The van der Waals surface area contributed by atoms with Crippen molar-refractivity contribution < 1.29 is 23.8 Å². The van der Waals surface area contributed by atoms with Gasteiger partial charge < -0.3 is 14.2 Å². The molecule has 0 spiro atoms. The van der Waals surface area contributed by atoms with Gasteiger partial charge in [0.2, 0.25) is 0 Å². The molecule has 0 aliphatic heterocycles. The van der Waals surface area contributed by atoms with E-state index in [4.69, 9.17) is 9.47 Å². The van der Waals surface area contributed by atoms with Crippen molar-refractivity contribution in [3.8, 4) is 0 Å². The fourth-order valence-corrected chi connectivity index (χ4v) is 2.04. The topological polar surface area (TPSA) is 61.8 Å². The summed E-state index contributed by atoms with van der Waals surface area (Å²) >= 11 is 0. The Morgan fingerprint density at radius 3 is 1.75 bits per heavy atom. The average molecular weight is 380 g/mol. The second kappa shape index (κ2) is 13.7. The first kappa shape index (κ1) is 22.6. The van der Waals surface area contributed by atoms with Crippen LogP contribution in [0.15, 0.2) is 98.6 Å². The first-order valence-corrected chi connectivity index (χ1v) is 8.53. The van der Waals surface area contributed by atoms with Crippen LogP contribution in [0, 0.1) is 0 Å². The first-order valence-electron chi connectivity index (χ1n) is 8.53. The van der Waals surface area contributed by atoms with Crippen LogP contribution in [0.5, 0.6) is 0 Å². The molecule has 0 aromatic heterocycles. The summed E-state index contributed by atoms with van der Waals surface area (Å²) in [7, 11) is 0. The van der Waals surface area contributed by atoms with Crippen molar-refractivity contribution in [3.63, 3.8) is 0 Å². The van der Waals surface area contributed by atoms with Crippen LogP contribution in [0.25, 0.3) is 0 Å². The molecule has 0 unspecified atom stereocenters. The lowest BCUT2D eigenvalue weighted by atomic mass is 10.0. The normalized spacial score (nSPS) is 9.46. The molecular formula is C23H24O5. The maximum absolute atomic E-state index is 11.4. The van der Waals surface area contributed by atoms with Gasteiger partial charge >= 0.3 is 11.9 Å². The number of carbonyl (C=O) groups excluding carboxylic acids is 2. The Bertz CT molecular complexity index is 714. The van der Waals surface area contributed by atoms with E-state index < -0.39 is 18.0 Å². The number of hydrogen-bond donors (Lipinski definition) is 0. The molecule has 0 atom stereocenters. The fraction of sp³-hybridized carbons (Fsp3) is 0.130. The Morgan fingerprint density at radius 2 is 1.32 bits per heavy atom. The monoisotopic (exact) mass is 380 g/mol. The van der Waals surface area contributed by atoms with Gasteiger partial charge in [0.25, 0.3) is 0 Å². The van der Waals surface area contributed by atoms with E-state index in [9.17, 15) is 9.59 Å². The van der Waals surface area contributed by atoms with E-state index in [2.05, 4.69) is 24.5 Å². The summed E-state index contributed by atoms with van der Waals surface area (Å²) in [6, 6.07) is 19.3. The zero-order valence-corrected chi connectivity index (χ0v) is 15.7. The van der Waals surface area contributed by atoms with Crippen molar-refractivity contribution in [1.29, 1.82) is 0 Å². The van der Waals surface area contributed by atoms with Gasteiger partial charge in [-0.25, -0.2) is 9.59 Å². The summed E-state index contributed by atoms with van der Waals surface area (Å²) < 4.78 is 14.6. The molecule has 28 heavy (non-hydrogen) atoms. The molecule has 0 saturated heterocycles. The van der Waals surface area contributed by atoms with E-state index in [1.807, 2.05) is 60.7 Å². The Kier molecular flexibility index (Phi) is 11.1. The molecule has 146 valence electrons. The maximum atomic E-state index is 11.4. The lowest BCUT2D eigenvalue weighted by Gasteiger charge is -2.17. The molecule has 0 N–H and O–H groups in total. The van der Waals surface area contributed by atoms with E-state index >= 15 is 0 Å². The Morgan fingerprint density at radius 1 is 0.821 bits per heavy atom. The zero-order chi connectivity index (χ0) is 20.6. The summed E-state index contributed by atoms with van der Waals surface area (Å²) in [5.41, 5.74) is 1.89. The molecule has 0 fully saturated rings. The quantitative estimate of drug-likeness (QED) is 0.212. The Hall–Kier alpha value is -3.44. The third-order valence-corrected chi connectivity index (χ3v) is 3.29.